The first-order valence-electron chi connectivity index (χ1n) is 10.1. The molecule has 1 amide bonds. The van der Waals surface area contributed by atoms with Crippen LogP contribution in [0.1, 0.15) is 49.8 Å². The van der Waals surface area contributed by atoms with Crippen molar-refractivity contribution in [2.24, 2.45) is 18.9 Å². The molecule has 1 fully saturated rings. The second-order valence-corrected chi connectivity index (χ2v) is 7.83. The minimum absolute atomic E-state index is 0.0167. The molecule has 0 aliphatic heterocycles. The number of aryl methyl sites for hydroxylation is 2. The van der Waals surface area contributed by atoms with Gasteiger partial charge >= 0.3 is 0 Å². The Bertz CT molecular complexity index is 795. The zero-order valence-electron chi connectivity index (χ0n) is 16.0. The van der Waals surface area contributed by atoms with Crippen molar-refractivity contribution in [3.05, 3.63) is 35.8 Å². The average Bonchev–Trinajstić information content (AvgIpc) is 3.08. The van der Waals surface area contributed by atoms with Crippen LogP contribution in [0.5, 0.6) is 5.75 Å². The average molecular weight is 368 g/mol. The van der Waals surface area contributed by atoms with Gasteiger partial charge in [-0.3, -0.25) is 9.48 Å². The van der Waals surface area contributed by atoms with E-state index < -0.39 is 0 Å². The Kier molecular flexibility index (Phi) is 5.41. The Morgan fingerprint density at radius 3 is 3.00 bits per heavy atom. The molecule has 6 heteroatoms. The van der Waals surface area contributed by atoms with Gasteiger partial charge < -0.3 is 10.1 Å². The largest absolute Gasteiger partial charge is 0.489 e. The highest BCUT2D eigenvalue weighted by Crippen LogP contribution is 2.29. The summed E-state index contributed by atoms with van der Waals surface area (Å²) in [6, 6.07) is 3.75. The standard InChI is InChI=1S/C21H28N4O2/c1-25-18-12-16(9-10-17(18)13-23-25)21(26)24-20-19(8-5-11-22-20)27-14-15-6-3-2-4-7-15/h5,8,11,13,15-16H,2-4,6-7,9-10,12,14H2,1H3,(H,22,24,26). The number of pyridine rings is 1. The topological polar surface area (TPSA) is 69.0 Å². The van der Waals surface area contributed by atoms with E-state index in [1.165, 1.54) is 37.7 Å². The summed E-state index contributed by atoms with van der Waals surface area (Å²) in [4.78, 5) is 17.2. The number of nitrogens with one attached hydrogen (secondary N) is 1. The number of carbonyl (C=O) groups is 1. The van der Waals surface area contributed by atoms with Crippen LogP contribution >= 0.6 is 0 Å². The predicted octanol–water partition coefficient (Wildman–Crippen LogP) is 3.52. The molecule has 1 N–H and O–H groups in total. The van der Waals surface area contributed by atoms with E-state index >= 15 is 0 Å². The normalized spacial score (nSPS) is 20.1. The van der Waals surface area contributed by atoms with Gasteiger partial charge in [0.15, 0.2) is 11.6 Å². The minimum atomic E-state index is -0.0545. The maximum Gasteiger partial charge on any atom is 0.229 e. The lowest BCUT2D eigenvalue weighted by atomic mass is 9.87. The lowest BCUT2D eigenvalue weighted by Gasteiger charge is -2.23. The van der Waals surface area contributed by atoms with Crippen molar-refractivity contribution in [2.75, 3.05) is 11.9 Å². The molecule has 0 bridgehead atoms. The van der Waals surface area contributed by atoms with Crippen LogP contribution in [0.25, 0.3) is 0 Å². The molecule has 0 aromatic carbocycles. The molecule has 0 radical (unpaired) electrons. The van der Waals surface area contributed by atoms with Crippen molar-refractivity contribution < 1.29 is 9.53 Å². The van der Waals surface area contributed by atoms with Gasteiger partial charge in [0.1, 0.15) is 0 Å². The fourth-order valence-corrected chi connectivity index (χ4v) is 4.25. The van der Waals surface area contributed by atoms with Crippen LogP contribution < -0.4 is 10.1 Å². The first kappa shape index (κ1) is 18.0. The van der Waals surface area contributed by atoms with Gasteiger partial charge in [-0.1, -0.05) is 19.3 Å². The van der Waals surface area contributed by atoms with Crippen LogP contribution in [0.3, 0.4) is 0 Å². The van der Waals surface area contributed by atoms with E-state index in [-0.39, 0.29) is 11.8 Å². The van der Waals surface area contributed by atoms with E-state index in [0.717, 1.165) is 25.0 Å². The lowest BCUT2D eigenvalue weighted by molar-refractivity contribution is -0.120. The zero-order chi connectivity index (χ0) is 18.6. The molecule has 1 saturated carbocycles. The molecule has 2 aromatic rings. The molecule has 2 aromatic heterocycles. The third kappa shape index (κ3) is 4.15. The Morgan fingerprint density at radius 1 is 1.30 bits per heavy atom. The van der Waals surface area contributed by atoms with E-state index in [9.17, 15) is 4.79 Å². The summed E-state index contributed by atoms with van der Waals surface area (Å²) in [7, 11) is 1.94. The van der Waals surface area contributed by atoms with Crippen LogP contribution in [0.2, 0.25) is 0 Å². The summed E-state index contributed by atoms with van der Waals surface area (Å²) in [6.45, 7) is 0.705. The number of amides is 1. The van der Waals surface area contributed by atoms with Gasteiger partial charge in [-0.15, -0.1) is 0 Å². The SMILES string of the molecule is Cn1ncc2c1CC(C(=O)Nc1ncccc1OCC1CCCCC1)CC2. The van der Waals surface area contributed by atoms with E-state index in [0.29, 0.717) is 24.1 Å². The van der Waals surface area contributed by atoms with Crippen LogP contribution in [0, 0.1) is 11.8 Å². The molecular formula is C21H28N4O2. The zero-order valence-corrected chi connectivity index (χ0v) is 16.0. The fraction of sp³-hybridized carbons (Fsp3) is 0.571. The summed E-state index contributed by atoms with van der Waals surface area (Å²) >= 11 is 0. The van der Waals surface area contributed by atoms with Crippen molar-refractivity contribution >= 4 is 11.7 Å². The lowest BCUT2D eigenvalue weighted by Crippen LogP contribution is -2.29. The van der Waals surface area contributed by atoms with Crippen LogP contribution in [-0.2, 0) is 24.7 Å². The molecule has 6 nitrogen and oxygen atoms in total. The number of aromatic nitrogens is 3. The van der Waals surface area contributed by atoms with E-state index in [1.807, 2.05) is 30.1 Å². The number of anilines is 1. The number of hydrogen-bond acceptors (Lipinski definition) is 4. The Balaban J connectivity index is 1.39. The first-order chi connectivity index (χ1) is 13.2. The molecule has 2 heterocycles. The predicted molar refractivity (Wildman–Crippen MR) is 104 cm³/mol. The molecule has 2 aliphatic carbocycles. The summed E-state index contributed by atoms with van der Waals surface area (Å²) in [5.74, 6) is 1.79. The molecule has 1 atom stereocenters. The molecule has 27 heavy (non-hydrogen) atoms. The monoisotopic (exact) mass is 368 g/mol. The molecule has 1 unspecified atom stereocenters. The van der Waals surface area contributed by atoms with Gasteiger partial charge in [0, 0.05) is 31.3 Å². The number of ether oxygens (including phenoxy) is 1. The van der Waals surface area contributed by atoms with Gasteiger partial charge in [-0.25, -0.2) is 4.98 Å². The second kappa shape index (κ2) is 8.11. The van der Waals surface area contributed by atoms with E-state index in [1.54, 1.807) is 6.20 Å². The number of hydrogen-bond donors (Lipinski definition) is 1. The van der Waals surface area contributed by atoms with Crippen LogP contribution in [0.15, 0.2) is 24.5 Å². The highest BCUT2D eigenvalue weighted by atomic mass is 16.5. The number of nitrogens with zero attached hydrogens (tertiary/aromatic N) is 3. The fourth-order valence-electron chi connectivity index (χ4n) is 4.25. The summed E-state index contributed by atoms with van der Waals surface area (Å²) in [6.07, 6.45) is 12.5. The minimum Gasteiger partial charge on any atom is -0.489 e. The quantitative estimate of drug-likeness (QED) is 0.877. The molecular weight excluding hydrogens is 340 g/mol. The van der Waals surface area contributed by atoms with Crippen LogP contribution in [0.4, 0.5) is 5.82 Å². The highest BCUT2D eigenvalue weighted by Gasteiger charge is 2.28. The van der Waals surface area contributed by atoms with Gasteiger partial charge in [-0.2, -0.15) is 5.10 Å². The number of fused-ring (bicyclic) bond motifs is 1. The molecule has 4 rings (SSSR count). The third-order valence-electron chi connectivity index (χ3n) is 5.93. The molecule has 0 spiro atoms. The van der Waals surface area contributed by atoms with Crippen LogP contribution in [-0.4, -0.2) is 27.3 Å². The van der Waals surface area contributed by atoms with Crippen molar-refractivity contribution in [1.82, 2.24) is 14.8 Å². The highest BCUT2D eigenvalue weighted by molar-refractivity contribution is 5.93. The van der Waals surface area contributed by atoms with Gasteiger partial charge in [0.2, 0.25) is 5.91 Å². The number of carbonyl (C=O) groups excluding carboxylic acids is 1. The Labute approximate surface area is 160 Å². The molecule has 2 aliphatic rings. The van der Waals surface area contributed by atoms with Gasteiger partial charge in [0.25, 0.3) is 0 Å². The maximum absolute atomic E-state index is 12.8. The Morgan fingerprint density at radius 2 is 2.15 bits per heavy atom. The first-order valence-corrected chi connectivity index (χ1v) is 10.1. The summed E-state index contributed by atoms with van der Waals surface area (Å²) in [5.41, 5.74) is 2.42. The van der Waals surface area contributed by atoms with Crippen molar-refractivity contribution in [2.45, 2.75) is 51.4 Å². The number of rotatable bonds is 5. The summed E-state index contributed by atoms with van der Waals surface area (Å²) in [5, 5.41) is 7.32. The van der Waals surface area contributed by atoms with E-state index in [4.69, 9.17) is 4.74 Å². The van der Waals surface area contributed by atoms with E-state index in [2.05, 4.69) is 15.4 Å². The van der Waals surface area contributed by atoms with Gasteiger partial charge in [-0.05, 0) is 49.3 Å². The van der Waals surface area contributed by atoms with Gasteiger partial charge in [0.05, 0.1) is 12.8 Å². The second-order valence-electron chi connectivity index (χ2n) is 7.83. The smallest absolute Gasteiger partial charge is 0.229 e. The maximum atomic E-state index is 12.8. The Hall–Kier alpha value is -2.37. The third-order valence-corrected chi connectivity index (χ3v) is 5.93. The van der Waals surface area contributed by atoms with Crippen molar-refractivity contribution in [3.8, 4) is 5.75 Å². The van der Waals surface area contributed by atoms with Crippen molar-refractivity contribution in [1.29, 1.82) is 0 Å². The molecule has 0 saturated heterocycles. The molecule has 144 valence electrons. The summed E-state index contributed by atoms with van der Waals surface area (Å²) < 4.78 is 7.92. The van der Waals surface area contributed by atoms with Crippen molar-refractivity contribution in [3.63, 3.8) is 0 Å².